The molecule has 2 aliphatic carbocycles. The van der Waals surface area contributed by atoms with Crippen LogP contribution in [0.15, 0.2) is 17.0 Å². The quantitative estimate of drug-likeness (QED) is 0.772. The molecule has 3 rings (SSSR count). The molecule has 0 aromatic heterocycles. The van der Waals surface area contributed by atoms with Crippen molar-refractivity contribution in [3.05, 3.63) is 28.8 Å². The van der Waals surface area contributed by atoms with Crippen LogP contribution in [0.3, 0.4) is 0 Å². The Bertz CT molecular complexity index is 795. The van der Waals surface area contributed by atoms with Crippen molar-refractivity contribution < 1.29 is 35.5 Å². The maximum absolute atomic E-state index is 14.0. The highest BCUT2D eigenvalue weighted by molar-refractivity contribution is 7.92. The van der Waals surface area contributed by atoms with Gasteiger partial charge in [-0.25, -0.2) is 17.2 Å². The minimum absolute atomic E-state index is 0.154. The second kappa shape index (κ2) is 6.44. The van der Waals surface area contributed by atoms with Gasteiger partial charge in [-0.3, -0.25) is 0 Å². The molecule has 3 nitrogen and oxygen atoms in total. The van der Waals surface area contributed by atoms with Crippen LogP contribution < -0.4 is 0 Å². The van der Waals surface area contributed by atoms with Crippen LogP contribution in [0.25, 0.3) is 0 Å². The smallest absolute Gasteiger partial charge is 0.382 e. The van der Waals surface area contributed by atoms with E-state index in [1.54, 1.807) is 0 Å². The van der Waals surface area contributed by atoms with E-state index in [1.807, 2.05) is 0 Å². The van der Waals surface area contributed by atoms with Crippen molar-refractivity contribution in [2.75, 3.05) is 0 Å². The summed E-state index contributed by atoms with van der Waals surface area (Å²) < 4.78 is 90.4. The lowest BCUT2D eigenvalue weighted by atomic mass is 9.83. The summed E-state index contributed by atoms with van der Waals surface area (Å²) in [6.07, 6.45) is 1.79. The normalized spacial score (nSPS) is 23.8. The second-order valence-electron chi connectivity index (χ2n) is 7.11. The number of halogens is 5. The summed E-state index contributed by atoms with van der Waals surface area (Å²) in [5.74, 6) is -3.47. The zero-order chi connectivity index (χ0) is 19.3. The molecule has 0 bridgehead atoms. The average molecular weight is 398 g/mol. The third-order valence-corrected chi connectivity index (χ3v) is 6.87. The number of hydrogen-bond acceptors (Lipinski definition) is 3. The molecule has 1 aromatic rings. The van der Waals surface area contributed by atoms with Gasteiger partial charge in [0.1, 0.15) is 6.10 Å². The van der Waals surface area contributed by atoms with Gasteiger partial charge in [0.15, 0.2) is 0 Å². The van der Waals surface area contributed by atoms with Crippen molar-refractivity contribution in [2.45, 2.75) is 67.4 Å². The lowest BCUT2D eigenvalue weighted by Crippen LogP contribution is -2.26. The molecule has 0 amide bonds. The van der Waals surface area contributed by atoms with Crippen molar-refractivity contribution in [1.82, 2.24) is 0 Å². The Hall–Kier alpha value is -1.22. The summed E-state index contributed by atoms with van der Waals surface area (Å²) >= 11 is 0. The van der Waals surface area contributed by atoms with Crippen molar-refractivity contribution >= 4 is 9.84 Å². The first-order valence-corrected chi connectivity index (χ1v) is 9.95. The molecule has 1 aromatic carbocycles. The lowest BCUT2D eigenvalue weighted by molar-refractivity contribution is -0.0978. The summed E-state index contributed by atoms with van der Waals surface area (Å²) in [5, 5.41) is 9.87. The summed E-state index contributed by atoms with van der Waals surface area (Å²) in [4.78, 5) is -1.27. The second-order valence-corrected chi connectivity index (χ2v) is 9.02. The van der Waals surface area contributed by atoms with Crippen LogP contribution >= 0.6 is 0 Å². The van der Waals surface area contributed by atoms with Crippen molar-refractivity contribution in [3.63, 3.8) is 0 Å². The van der Waals surface area contributed by atoms with E-state index in [9.17, 15) is 35.5 Å². The largest absolute Gasteiger partial charge is 0.501 e. The van der Waals surface area contributed by atoms with Gasteiger partial charge in [0.2, 0.25) is 0 Å². The monoisotopic (exact) mass is 398 g/mol. The van der Waals surface area contributed by atoms with Crippen molar-refractivity contribution in [2.24, 2.45) is 5.92 Å². The van der Waals surface area contributed by atoms with Crippen LogP contribution in [-0.4, -0.2) is 25.0 Å². The number of aliphatic hydroxyl groups excluding tert-OH is 1. The van der Waals surface area contributed by atoms with E-state index in [-0.39, 0.29) is 11.5 Å². The molecule has 1 atom stereocenters. The summed E-state index contributed by atoms with van der Waals surface area (Å²) in [7, 11) is -5.83. The van der Waals surface area contributed by atoms with E-state index in [0.29, 0.717) is 18.1 Å². The van der Waals surface area contributed by atoms with Gasteiger partial charge in [-0.2, -0.15) is 13.2 Å². The molecule has 1 fully saturated rings. The number of fused-ring (bicyclic) bond motifs is 1. The van der Waals surface area contributed by atoms with E-state index in [2.05, 4.69) is 0 Å². The van der Waals surface area contributed by atoms with Crippen LogP contribution in [0.4, 0.5) is 22.0 Å². The average Bonchev–Trinajstić information content (AvgIpc) is 2.78. The molecule has 0 aliphatic heterocycles. The molecule has 1 saturated carbocycles. The fourth-order valence-electron chi connectivity index (χ4n) is 3.99. The standard InChI is InChI=1S/C17H19F5O3S/c18-16(19)9-12-11(8-10-4-2-1-3-5-10)6-7-13(14(12)15(16)23)26(24,25)17(20,21)22/h6-7,10,15,23H,1-5,8-9H2. The third kappa shape index (κ3) is 3.24. The fraction of sp³-hybridized carbons (Fsp3) is 0.647. The van der Waals surface area contributed by atoms with E-state index >= 15 is 0 Å². The van der Waals surface area contributed by atoms with Gasteiger partial charge in [-0.05, 0) is 29.5 Å². The van der Waals surface area contributed by atoms with Gasteiger partial charge in [0, 0.05) is 12.0 Å². The van der Waals surface area contributed by atoms with Gasteiger partial charge >= 0.3 is 5.51 Å². The van der Waals surface area contributed by atoms with Crippen molar-refractivity contribution in [3.8, 4) is 0 Å². The predicted octanol–water partition coefficient (Wildman–Crippen LogP) is 4.33. The van der Waals surface area contributed by atoms with Gasteiger partial charge in [-0.15, -0.1) is 0 Å². The van der Waals surface area contributed by atoms with E-state index in [1.165, 1.54) is 6.07 Å². The van der Waals surface area contributed by atoms with Gasteiger partial charge in [0.25, 0.3) is 15.8 Å². The Labute approximate surface area is 148 Å². The van der Waals surface area contributed by atoms with Crippen LogP contribution in [0, 0.1) is 5.92 Å². The molecule has 2 aliphatic rings. The zero-order valence-electron chi connectivity index (χ0n) is 13.8. The van der Waals surface area contributed by atoms with Crippen LogP contribution in [-0.2, 0) is 22.7 Å². The number of aliphatic hydroxyl groups is 1. The molecule has 146 valence electrons. The molecule has 9 heteroatoms. The van der Waals surface area contributed by atoms with Crippen LogP contribution in [0.5, 0.6) is 0 Å². The molecule has 1 unspecified atom stereocenters. The fourth-order valence-corrected chi connectivity index (χ4v) is 5.01. The highest BCUT2D eigenvalue weighted by Gasteiger charge is 2.54. The van der Waals surface area contributed by atoms with Crippen LogP contribution in [0.2, 0.25) is 0 Å². The summed E-state index contributed by atoms with van der Waals surface area (Å²) in [6.45, 7) is 0. The number of hydrogen-bond donors (Lipinski definition) is 1. The molecular weight excluding hydrogens is 379 g/mol. The summed E-state index contributed by atoms with van der Waals surface area (Å²) in [5.41, 5.74) is -6.16. The van der Waals surface area contributed by atoms with Crippen molar-refractivity contribution in [1.29, 1.82) is 0 Å². The molecule has 0 heterocycles. The third-order valence-electron chi connectivity index (χ3n) is 5.33. The van der Waals surface area contributed by atoms with Gasteiger partial charge in [0.05, 0.1) is 4.90 Å². The van der Waals surface area contributed by atoms with E-state index < -0.39 is 44.3 Å². The number of rotatable bonds is 3. The number of sulfone groups is 1. The first kappa shape index (κ1) is 19.5. The van der Waals surface area contributed by atoms with Gasteiger partial charge < -0.3 is 5.11 Å². The minimum Gasteiger partial charge on any atom is -0.382 e. The molecule has 0 radical (unpaired) electrons. The Morgan fingerprint density at radius 3 is 2.31 bits per heavy atom. The molecule has 26 heavy (non-hydrogen) atoms. The van der Waals surface area contributed by atoms with Crippen LogP contribution in [0.1, 0.15) is 54.9 Å². The summed E-state index contributed by atoms with van der Waals surface area (Å²) in [6, 6.07) is 1.91. The molecule has 1 N–H and O–H groups in total. The Balaban J connectivity index is 2.09. The lowest BCUT2D eigenvalue weighted by Gasteiger charge is -2.23. The first-order chi connectivity index (χ1) is 11.9. The maximum atomic E-state index is 14.0. The SMILES string of the molecule is O=S(=O)(c1ccc(CC2CCCCC2)c2c1C(O)C(F)(F)C2)C(F)(F)F. The zero-order valence-corrected chi connectivity index (χ0v) is 14.6. The Morgan fingerprint density at radius 1 is 1.12 bits per heavy atom. The Morgan fingerprint density at radius 2 is 1.73 bits per heavy atom. The highest BCUT2D eigenvalue weighted by atomic mass is 32.2. The number of benzene rings is 1. The first-order valence-electron chi connectivity index (χ1n) is 8.47. The molecule has 0 saturated heterocycles. The maximum Gasteiger partial charge on any atom is 0.501 e. The molecule has 0 spiro atoms. The number of alkyl halides is 5. The Kier molecular flexibility index (Phi) is 4.84. The molecular formula is C17H19F5O3S. The minimum atomic E-state index is -5.83. The van der Waals surface area contributed by atoms with Gasteiger partial charge in [-0.1, -0.05) is 38.2 Å². The predicted molar refractivity (Wildman–Crippen MR) is 83.6 cm³/mol. The van der Waals surface area contributed by atoms with E-state index in [0.717, 1.165) is 32.1 Å². The highest BCUT2D eigenvalue weighted by Crippen LogP contribution is 2.49. The van der Waals surface area contributed by atoms with E-state index in [4.69, 9.17) is 0 Å². The topological polar surface area (TPSA) is 54.4 Å².